The van der Waals surface area contributed by atoms with Gasteiger partial charge in [-0.05, 0) is 47.9 Å². The highest BCUT2D eigenvalue weighted by Crippen LogP contribution is 2.40. The van der Waals surface area contributed by atoms with E-state index in [4.69, 9.17) is 5.73 Å². The number of aliphatic imine (C=N–C) groups is 1. The van der Waals surface area contributed by atoms with Crippen LogP contribution in [0, 0.1) is 12.7 Å². The van der Waals surface area contributed by atoms with Gasteiger partial charge in [0.15, 0.2) is 5.96 Å². The van der Waals surface area contributed by atoms with Crippen molar-refractivity contribution in [3.05, 3.63) is 70.5 Å². The van der Waals surface area contributed by atoms with Crippen LogP contribution in [0.1, 0.15) is 34.2 Å². The van der Waals surface area contributed by atoms with Crippen molar-refractivity contribution in [3.8, 4) is 0 Å². The molecule has 0 spiro atoms. The van der Waals surface area contributed by atoms with Crippen LogP contribution in [0.25, 0.3) is 0 Å². The molecule has 27 heavy (non-hydrogen) atoms. The van der Waals surface area contributed by atoms with Gasteiger partial charge in [-0.2, -0.15) is 13.2 Å². The van der Waals surface area contributed by atoms with Crippen molar-refractivity contribution in [1.82, 2.24) is 4.90 Å². The number of benzene rings is 2. The average molecular weight is 379 g/mol. The molecule has 2 atom stereocenters. The number of guanidine groups is 1. The Morgan fingerprint density at radius 2 is 1.74 bits per heavy atom. The van der Waals surface area contributed by atoms with E-state index >= 15 is 0 Å². The number of halogens is 4. The van der Waals surface area contributed by atoms with E-state index in [0.29, 0.717) is 16.7 Å². The average Bonchev–Trinajstić information content (AvgIpc) is 2.59. The van der Waals surface area contributed by atoms with Gasteiger partial charge in [0, 0.05) is 7.05 Å². The Morgan fingerprint density at radius 3 is 2.30 bits per heavy atom. The summed E-state index contributed by atoms with van der Waals surface area (Å²) in [6.45, 7) is 1.68. The molecular formula is C19H17F4N3O. The quantitative estimate of drug-likeness (QED) is 0.808. The maximum Gasteiger partial charge on any atom is 0.416 e. The van der Waals surface area contributed by atoms with E-state index in [2.05, 4.69) is 4.99 Å². The lowest BCUT2D eigenvalue weighted by molar-refractivity contribution is -0.137. The summed E-state index contributed by atoms with van der Waals surface area (Å²) in [4.78, 5) is 18.4. The highest BCUT2D eigenvalue weighted by atomic mass is 19.4. The molecule has 0 bridgehead atoms. The van der Waals surface area contributed by atoms with Crippen LogP contribution in [0.2, 0.25) is 0 Å². The zero-order valence-electron chi connectivity index (χ0n) is 14.6. The van der Waals surface area contributed by atoms with Crippen molar-refractivity contribution in [2.24, 2.45) is 10.7 Å². The lowest BCUT2D eigenvalue weighted by Crippen LogP contribution is -2.47. The predicted molar refractivity (Wildman–Crippen MR) is 92.5 cm³/mol. The minimum absolute atomic E-state index is 0.00288. The second kappa shape index (κ2) is 6.68. The molecule has 8 heteroatoms. The van der Waals surface area contributed by atoms with E-state index < -0.39 is 35.4 Å². The Labute approximate surface area is 153 Å². The molecule has 0 fully saturated rings. The molecule has 2 N–H and O–H groups in total. The summed E-state index contributed by atoms with van der Waals surface area (Å²) >= 11 is 0. The number of carbonyl (C=O) groups is 1. The third-order valence-electron chi connectivity index (χ3n) is 4.67. The van der Waals surface area contributed by atoms with Crippen molar-refractivity contribution in [3.63, 3.8) is 0 Å². The molecule has 0 saturated heterocycles. The first-order chi connectivity index (χ1) is 12.6. The largest absolute Gasteiger partial charge is 0.416 e. The maximum absolute atomic E-state index is 13.5. The number of nitrogens with zero attached hydrogens (tertiary/aromatic N) is 2. The van der Waals surface area contributed by atoms with Gasteiger partial charge in [0.05, 0.1) is 17.5 Å². The van der Waals surface area contributed by atoms with E-state index in [1.807, 2.05) is 0 Å². The lowest BCUT2D eigenvalue weighted by atomic mass is 9.83. The van der Waals surface area contributed by atoms with Gasteiger partial charge < -0.3 is 5.73 Å². The van der Waals surface area contributed by atoms with Gasteiger partial charge in [0.2, 0.25) is 5.91 Å². The molecule has 142 valence electrons. The van der Waals surface area contributed by atoms with Gasteiger partial charge in [-0.15, -0.1) is 0 Å². The van der Waals surface area contributed by atoms with Crippen molar-refractivity contribution in [1.29, 1.82) is 0 Å². The summed E-state index contributed by atoms with van der Waals surface area (Å²) in [6.07, 6.45) is -4.47. The molecule has 1 aliphatic heterocycles. The van der Waals surface area contributed by atoms with Crippen LogP contribution in [-0.2, 0) is 11.0 Å². The molecular weight excluding hydrogens is 362 g/mol. The zero-order valence-corrected chi connectivity index (χ0v) is 14.6. The number of hydrogen-bond acceptors (Lipinski definition) is 3. The Kier molecular flexibility index (Phi) is 4.67. The SMILES string of the molecule is Cc1cc(F)ccc1[C@H]1N=C(N)N(C)C(=O)[C@@H]1c1ccc(C(F)(F)F)cc1. The number of rotatable bonds is 2. The van der Waals surface area contributed by atoms with Crippen LogP contribution >= 0.6 is 0 Å². The van der Waals surface area contributed by atoms with E-state index in [9.17, 15) is 22.4 Å². The summed E-state index contributed by atoms with van der Waals surface area (Å²) in [6, 6.07) is 7.71. The molecule has 1 heterocycles. The van der Waals surface area contributed by atoms with Crippen molar-refractivity contribution in [2.75, 3.05) is 7.05 Å². The summed E-state index contributed by atoms with van der Waals surface area (Å²) in [5.41, 5.74) is 6.57. The first kappa shape index (κ1) is 18.9. The number of likely N-dealkylation sites (N-methyl/N-ethyl adjacent to an activating group) is 1. The van der Waals surface area contributed by atoms with Gasteiger partial charge in [-0.25, -0.2) is 9.38 Å². The minimum atomic E-state index is -4.47. The fraction of sp³-hybridized carbons (Fsp3) is 0.263. The Balaban J connectivity index is 2.10. The number of alkyl halides is 3. The van der Waals surface area contributed by atoms with E-state index in [1.54, 1.807) is 6.92 Å². The number of aryl methyl sites for hydroxylation is 1. The Hall–Kier alpha value is -2.90. The van der Waals surface area contributed by atoms with Crippen LogP contribution in [0.3, 0.4) is 0 Å². The molecule has 3 rings (SSSR count). The number of amides is 1. The third kappa shape index (κ3) is 3.51. The van der Waals surface area contributed by atoms with Gasteiger partial charge in [-0.1, -0.05) is 18.2 Å². The molecule has 0 radical (unpaired) electrons. The monoisotopic (exact) mass is 379 g/mol. The van der Waals surface area contributed by atoms with Gasteiger partial charge in [-0.3, -0.25) is 9.69 Å². The number of nitrogens with two attached hydrogens (primary N) is 1. The van der Waals surface area contributed by atoms with Crippen LogP contribution in [0.4, 0.5) is 17.6 Å². The zero-order chi connectivity index (χ0) is 19.9. The molecule has 2 aromatic rings. The summed E-state index contributed by atoms with van der Waals surface area (Å²) in [5, 5.41) is 0. The highest BCUT2D eigenvalue weighted by molar-refractivity contribution is 6.01. The summed E-state index contributed by atoms with van der Waals surface area (Å²) in [7, 11) is 1.45. The Morgan fingerprint density at radius 1 is 1.11 bits per heavy atom. The number of hydrogen-bond donors (Lipinski definition) is 1. The minimum Gasteiger partial charge on any atom is -0.369 e. The van der Waals surface area contributed by atoms with Gasteiger partial charge in [0.1, 0.15) is 5.82 Å². The first-order valence-corrected chi connectivity index (χ1v) is 8.13. The maximum atomic E-state index is 13.5. The van der Waals surface area contributed by atoms with E-state index in [-0.39, 0.29) is 5.96 Å². The molecule has 0 saturated carbocycles. The van der Waals surface area contributed by atoms with Gasteiger partial charge >= 0.3 is 6.18 Å². The molecule has 0 aromatic heterocycles. The first-order valence-electron chi connectivity index (χ1n) is 8.13. The van der Waals surface area contributed by atoms with Crippen LogP contribution in [-0.4, -0.2) is 23.8 Å². The van der Waals surface area contributed by atoms with Gasteiger partial charge in [0.25, 0.3) is 0 Å². The highest BCUT2D eigenvalue weighted by Gasteiger charge is 2.39. The van der Waals surface area contributed by atoms with Crippen LogP contribution < -0.4 is 5.73 Å². The van der Waals surface area contributed by atoms with Crippen molar-refractivity contribution in [2.45, 2.75) is 25.1 Å². The molecule has 4 nitrogen and oxygen atoms in total. The molecule has 1 amide bonds. The Bertz CT molecular complexity index is 906. The lowest BCUT2D eigenvalue weighted by Gasteiger charge is -2.34. The predicted octanol–water partition coefficient (Wildman–Crippen LogP) is 3.76. The molecule has 0 unspecified atom stereocenters. The normalized spacial score (nSPS) is 20.6. The summed E-state index contributed by atoms with van der Waals surface area (Å²) < 4.78 is 52.0. The second-order valence-corrected chi connectivity index (χ2v) is 6.43. The van der Waals surface area contributed by atoms with Crippen molar-refractivity contribution < 1.29 is 22.4 Å². The molecule has 2 aromatic carbocycles. The molecule has 1 aliphatic rings. The van der Waals surface area contributed by atoms with Crippen LogP contribution in [0.15, 0.2) is 47.5 Å². The third-order valence-corrected chi connectivity index (χ3v) is 4.67. The fourth-order valence-electron chi connectivity index (χ4n) is 3.18. The fourth-order valence-corrected chi connectivity index (χ4v) is 3.18. The molecule has 0 aliphatic carbocycles. The second-order valence-electron chi connectivity index (χ2n) is 6.43. The van der Waals surface area contributed by atoms with E-state index in [0.717, 1.165) is 17.0 Å². The standard InChI is InChI=1S/C19H17F4N3O/c1-10-9-13(20)7-8-14(10)16-15(17(27)26(2)18(24)25-16)11-3-5-12(6-4-11)19(21,22)23/h3-9,15-16H,1-2H3,(H2,24,25)/t15-,16-/m1/s1. The van der Waals surface area contributed by atoms with Crippen molar-refractivity contribution >= 4 is 11.9 Å². The summed E-state index contributed by atoms with van der Waals surface area (Å²) in [5.74, 6) is -1.69. The number of carbonyl (C=O) groups excluding carboxylic acids is 1. The smallest absolute Gasteiger partial charge is 0.369 e. The van der Waals surface area contributed by atoms with Crippen LogP contribution in [0.5, 0.6) is 0 Å². The topological polar surface area (TPSA) is 58.7 Å². The van der Waals surface area contributed by atoms with E-state index in [1.165, 1.54) is 37.4 Å².